The molecule has 0 radical (unpaired) electrons. The molecule has 0 saturated heterocycles. The van der Waals surface area contributed by atoms with E-state index < -0.39 is 6.10 Å². The highest BCUT2D eigenvalue weighted by Gasteiger charge is 2.33. The number of fused-ring (bicyclic) bond motifs is 1. The van der Waals surface area contributed by atoms with Crippen LogP contribution in [0.25, 0.3) is 0 Å². The Bertz CT molecular complexity index is 1210. The zero-order chi connectivity index (χ0) is 25.7. The Morgan fingerprint density at radius 1 is 1.00 bits per heavy atom. The molecule has 188 valence electrons. The third-order valence-corrected chi connectivity index (χ3v) is 6.69. The highest BCUT2D eigenvalue weighted by molar-refractivity contribution is 5.95. The van der Waals surface area contributed by atoms with E-state index in [0.29, 0.717) is 30.3 Å². The largest absolute Gasteiger partial charge is 0.481 e. The molecule has 1 N–H and O–H groups in total. The minimum absolute atomic E-state index is 0.0111. The number of hydrogen-bond acceptors (Lipinski definition) is 3. The van der Waals surface area contributed by atoms with Crippen LogP contribution >= 0.6 is 0 Å². The van der Waals surface area contributed by atoms with E-state index in [-0.39, 0.29) is 17.9 Å². The van der Waals surface area contributed by atoms with E-state index in [1.807, 2.05) is 53.4 Å². The molecule has 36 heavy (non-hydrogen) atoms. The second-order valence-corrected chi connectivity index (χ2v) is 10.0. The number of carbonyl (C=O) groups excluding carboxylic acids is 2. The summed E-state index contributed by atoms with van der Waals surface area (Å²) in [6.45, 7) is 9.38. The Morgan fingerprint density at radius 2 is 1.78 bits per heavy atom. The number of nitrogens with zero attached hydrogens (tertiary/aromatic N) is 1. The average Bonchev–Trinajstić information content (AvgIpc) is 2.87. The lowest BCUT2D eigenvalue weighted by Gasteiger charge is -2.38. The van der Waals surface area contributed by atoms with Crippen molar-refractivity contribution < 1.29 is 14.3 Å². The van der Waals surface area contributed by atoms with Crippen LogP contribution in [-0.2, 0) is 11.2 Å². The van der Waals surface area contributed by atoms with Crippen LogP contribution in [0.15, 0.2) is 72.8 Å². The molecule has 0 fully saturated rings. The van der Waals surface area contributed by atoms with Gasteiger partial charge in [0.1, 0.15) is 5.75 Å². The normalized spacial score (nSPS) is 15.8. The SMILES string of the molecule is Cc1cccc([C@H]2c3cc(O[C@@H](C)C(=O)NCCC(C)C)ccc3CCN2C(=O)c2ccccc2)c1. The van der Waals surface area contributed by atoms with Crippen LogP contribution in [0.1, 0.15) is 65.8 Å². The predicted octanol–water partition coefficient (Wildman–Crippen LogP) is 5.71. The lowest BCUT2D eigenvalue weighted by molar-refractivity contribution is -0.127. The van der Waals surface area contributed by atoms with Crippen LogP contribution in [0.2, 0.25) is 0 Å². The molecule has 0 saturated carbocycles. The Kier molecular flexibility index (Phi) is 8.09. The molecule has 0 spiro atoms. The van der Waals surface area contributed by atoms with Gasteiger partial charge in [-0.2, -0.15) is 0 Å². The number of benzene rings is 3. The van der Waals surface area contributed by atoms with Gasteiger partial charge in [-0.3, -0.25) is 9.59 Å². The van der Waals surface area contributed by atoms with Crippen molar-refractivity contribution in [2.24, 2.45) is 5.92 Å². The number of rotatable bonds is 8. The van der Waals surface area contributed by atoms with E-state index in [1.165, 1.54) is 5.56 Å². The second kappa shape index (κ2) is 11.4. The first kappa shape index (κ1) is 25.5. The Morgan fingerprint density at radius 3 is 2.50 bits per heavy atom. The molecule has 2 amide bonds. The van der Waals surface area contributed by atoms with Gasteiger partial charge in [-0.1, -0.05) is 67.9 Å². The number of ether oxygens (including phenoxy) is 1. The molecule has 3 aromatic rings. The number of nitrogens with one attached hydrogen (secondary N) is 1. The fourth-order valence-electron chi connectivity index (χ4n) is 4.72. The monoisotopic (exact) mass is 484 g/mol. The number of hydrogen-bond donors (Lipinski definition) is 1. The fourth-order valence-corrected chi connectivity index (χ4v) is 4.72. The summed E-state index contributed by atoms with van der Waals surface area (Å²) < 4.78 is 6.07. The van der Waals surface area contributed by atoms with Gasteiger partial charge in [0.2, 0.25) is 0 Å². The molecule has 1 aliphatic rings. The zero-order valence-electron chi connectivity index (χ0n) is 21.7. The molecule has 0 bridgehead atoms. The first-order chi connectivity index (χ1) is 17.3. The van der Waals surface area contributed by atoms with Crippen LogP contribution in [0.4, 0.5) is 0 Å². The molecule has 2 atom stereocenters. The molecule has 4 rings (SSSR count). The first-order valence-corrected chi connectivity index (χ1v) is 12.8. The maximum atomic E-state index is 13.6. The molecular formula is C31H36N2O3. The van der Waals surface area contributed by atoms with Crippen LogP contribution < -0.4 is 10.1 Å². The van der Waals surface area contributed by atoms with Gasteiger partial charge >= 0.3 is 0 Å². The van der Waals surface area contributed by atoms with Gasteiger partial charge in [0.15, 0.2) is 6.10 Å². The fraction of sp³-hybridized carbons (Fsp3) is 0.355. The van der Waals surface area contributed by atoms with E-state index in [4.69, 9.17) is 4.74 Å². The lowest BCUT2D eigenvalue weighted by atomic mass is 9.87. The minimum Gasteiger partial charge on any atom is -0.481 e. The zero-order valence-corrected chi connectivity index (χ0v) is 21.7. The van der Waals surface area contributed by atoms with Crippen molar-refractivity contribution in [1.29, 1.82) is 0 Å². The summed E-state index contributed by atoms with van der Waals surface area (Å²) in [4.78, 5) is 28.1. The van der Waals surface area contributed by atoms with Gasteiger partial charge in [-0.15, -0.1) is 0 Å². The van der Waals surface area contributed by atoms with Gasteiger partial charge in [0.25, 0.3) is 11.8 Å². The minimum atomic E-state index is -0.613. The van der Waals surface area contributed by atoms with Gasteiger partial charge in [0.05, 0.1) is 6.04 Å². The van der Waals surface area contributed by atoms with Crippen LogP contribution in [0.5, 0.6) is 5.75 Å². The maximum Gasteiger partial charge on any atom is 0.260 e. The highest BCUT2D eigenvalue weighted by atomic mass is 16.5. The van der Waals surface area contributed by atoms with Crippen molar-refractivity contribution in [2.45, 2.75) is 52.7 Å². The summed E-state index contributed by atoms with van der Waals surface area (Å²) in [5.74, 6) is 1.05. The van der Waals surface area contributed by atoms with Gasteiger partial charge in [-0.05, 0) is 73.6 Å². The predicted molar refractivity (Wildman–Crippen MR) is 143 cm³/mol. The van der Waals surface area contributed by atoms with E-state index in [2.05, 4.69) is 50.4 Å². The third-order valence-electron chi connectivity index (χ3n) is 6.69. The van der Waals surface area contributed by atoms with Crippen LogP contribution in [0, 0.1) is 12.8 Å². The molecule has 0 unspecified atom stereocenters. The standard InChI is InChI=1S/C31H36N2O3/c1-21(2)15-17-32-30(34)23(4)36-27-14-13-24-16-18-33(31(35)25-10-6-5-7-11-25)29(28(24)20-27)26-12-8-9-22(3)19-26/h5-14,19-21,23,29H,15-18H2,1-4H3,(H,32,34)/t23-,29-/m0/s1. The Balaban J connectivity index is 1.64. The van der Waals surface area contributed by atoms with E-state index >= 15 is 0 Å². The topological polar surface area (TPSA) is 58.6 Å². The van der Waals surface area contributed by atoms with Gasteiger partial charge in [-0.25, -0.2) is 0 Å². The molecule has 5 nitrogen and oxygen atoms in total. The molecule has 3 aromatic carbocycles. The maximum absolute atomic E-state index is 13.6. The summed E-state index contributed by atoms with van der Waals surface area (Å²) in [6, 6.07) is 23.5. The van der Waals surface area contributed by atoms with Crippen molar-refractivity contribution in [3.63, 3.8) is 0 Å². The van der Waals surface area contributed by atoms with Crippen molar-refractivity contribution >= 4 is 11.8 Å². The molecule has 0 aliphatic carbocycles. The quantitative estimate of drug-likeness (QED) is 0.445. The smallest absolute Gasteiger partial charge is 0.260 e. The first-order valence-electron chi connectivity index (χ1n) is 12.8. The number of aryl methyl sites for hydroxylation is 1. The average molecular weight is 485 g/mol. The van der Waals surface area contributed by atoms with Gasteiger partial charge in [0, 0.05) is 18.7 Å². The molecule has 0 aromatic heterocycles. The van der Waals surface area contributed by atoms with Crippen LogP contribution in [-0.4, -0.2) is 35.9 Å². The summed E-state index contributed by atoms with van der Waals surface area (Å²) >= 11 is 0. The van der Waals surface area contributed by atoms with Crippen molar-refractivity contribution in [2.75, 3.05) is 13.1 Å². The van der Waals surface area contributed by atoms with E-state index in [1.54, 1.807) is 6.92 Å². The number of carbonyl (C=O) groups is 2. The van der Waals surface area contributed by atoms with Crippen LogP contribution in [0.3, 0.4) is 0 Å². The van der Waals surface area contributed by atoms with Crippen molar-refractivity contribution in [3.05, 3.63) is 101 Å². The van der Waals surface area contributed by atoms with Gasteiger partial charge < -0.3 is 15.0 Å². The summed E-state index contributed by atoms with van der Waals surface area (Å²) in [6.07, 6.45) is 1.08. The summed E-state index contributed by atoms with van der Waals surface area (Å²) in [7, 11) is 0. The third kappa shape index (κ3) is 5.96. The summed E-state index contributed by atoms with van der Waals surface area (Å²) in [5.41, 5.74) is 5.13. The molecule has 5 heteroatoms. The molecular weight excluding hydrogens is 448 g/mol. The second-order valence-electron chi connectivity index (χ2n) is 10.0. The Hall–Kier alpha value is -3.60. The highest BCUT2D eigenvalue weighted by Crippen LogP contribution is 2.38. The number of amides is 2. The van der Waals surface area contributed by atoms with Crippen molar-refractivity contribution in [1.82, 2.24) is 10.2 Å². The van der Waals surface area contributed by atoms with E-state index in [0.717, 1.165) is 29.5 Å². The molecule has 1 heterocycles. The summed E-state index contributed by atoms with van der Waals surface area (Å²) in [5, 5.41) is 2.96. The Labute approximate surface area is 214 Å². The molecule has 1 aliphatic heterocycles. The van der Waals surface area contributed by atoms with Crippen molar-refractivity contribution in [3.8, 4) is 5.75 Å². The lowest BCUT2D eigenvalue weighted by Crippen LogP contribution is -2.40. The van der Waals surface area contributed by atoms with E-state index in [9.17, 15) is 9.59 Å².